The second-order valence-corrected chi connectivity index (χ2v) is 6.40. The maximum absolute atomic E-state index is 9.73. The molecule has 0 fully saturated rings. The van der Waals surface area contributed by atoms with Gasteiger partial charge >= 0.3 is 0 Å². The van der Waals surface area contributed by atoms with Crippen molar-refractivity contribution in [3.63, 3.8) is 0 Å². The monoisotopic (exact) mass is 270 g/mol. The van der Waals surface area contributed by atoms with Gasteiger partial charge in [0.1, 0.15) is 0 Å². The van der Waals surface area contributed by atoms with Crippen LogP contribution < -0.4 is 0 Å². The number of thiazole rings is 1. The fourth-order valence-electron chi connectivity index (χ4n) is 1.88. The molecule has 1 aromatic rings. The summed E-state index contributed by atoms with van der Waals surface area (Å²) >= 11 is 1.80. The normalized spacial score (nSPS) is 15.4. The molecule has 4 heteroatoms. The number of hydrogen-bond acceptors (Lipinski definition) is 4. The molecule has 104 valence electrons. The van der Waals surface area contributed by atoms with Crippen molar-refractivity contribution >= 4 is 11.3 Å². The van der Waals surface area contributed by atoms with Gasteiger partial charge < -0.3 is 5.11 Å². The average Bonchev–Trinajstić information content (AvgIpc) is 2.70. The van der Waals surface area contributed by atoms with Gasteiger partial charge in [-0.15, -0.1) is 11.3 Å². The van der Waals surface area contributed by atoms with E-state index in [9.17, 15) is 5.11 Å². The molecule has 0 aliphatic carbocycles. The Morgan fingerprint density at radius 2 is 1.94 bits per heavy atom. The number of aromatic nitrogens is 1. The predicted octanol–water partition coefficient (Wildman–Crippen LogP) is 3.34. The van der Waals surface area contributed by atoms with E-state index in [1.54, 1.807) is 11.3 Å². The molecule has 1 N–H and O–H groups in total. The van der Waals surface area contributed by atoms with Crippen LogP contribution in [-0.4, -0.2) is 34.7 Å². The summed E-state index contributed by atoms with van der Waals surface area (Å²) in [6.07, 6.45) is 0.561. The van der Waals surface area contributed by atoms with Crippen LogP contribution in [0.5, 0.6) is 0 Å². The van der Waals surface area contributed by atoms with Crippen LogP contribution in [-0.2, 0) is 0 Å². The first-order chi connectivity index (χ1) is 8.36. The van der Waals surface area contributed by atoms with Crippen molar-refractivity contribution < 1.29 is 5.11 Å². The van der Waals surface area contributed by atoms with Gasteiger partial charge in [0.2, 0.25) is 0 Å². The molecule has 18 heavy (non-hydrogen) atoms. The second-order valence-electron chi connectivity index (χ2n) is 5.33. The summed E-state index contributed by atoms with van der Waals surface area (Å²) in [7, 11) is 2.07. The lowest BCUT2D eigenvalue weighted by molar-refractivity contribution is 0.105. The molecule has 0 aliphatic heterocycles. The van der Waals surface area contributed by atoms with Gasteiger partial charge in [-0.3, -0.25) is 4.90 Å². The van der Waals surface area contributed by atoms with Crippen molar-refractivity contribution in [2.75, 3.05) is 13.6 Å². The summed E-state index contributed by atoms with van der Waals surface area (Å²) in [5.41, 5.74) is 1.13. The van der Waals surface area contributed by atoms with E-state index in [2.05, 4.69) is 44.6 Å². The number of likely N-dealkylation sites (N-methyl/N-ethyl adjacent to an activating group) is 1. The summed E-state index contributed by atoms with van der Waals surface area (Å²) in [4.78, 5) is 8.17. The first-order valence-corrected chi connectivity index (χ1v) is 7.53. The van der Waals surface area contributed by atoms with E-state index in [1.165, 1.54) is 9.88 Å². The van der Waals surface area contributed by atoms with Gasteiger partial charge in [-0.25, -0.2) is 4.98 Å². The first-order valence-electron chi connectivity index (χ1n) is 6.72. The van der Waals surface area contributed by atoms with Crippen LogP contribution in [0, 0.1) is 6.92 Å². The van der Waals surface area contributed by atoms with Crippen LogP contribution in [0.25, 0.3) is 0 Å². The molecule has 2 atom stereocenters. The largest absolute Gasteiger partial charge is 0.392 e. The number of nitrogens with zero attached hydrogens (tertiary/aromatic N) is 2. The van der Waals surface area contributed by atoms with E-state index < -0.39 is 0 Å². The van der Waals surface area contributed by atoms with Gasteiger partial charge in [0.25, 0.3) is 0 Å². The zero-order valence-corrected chi connectivity index (χ0v) is 13.2. The zero-order chi connectivity index (χ0) is 13.9. The fraction of sp³-hybridized carbons (Fsp3) is 0.786. The van der Waals surface area contributed by atoms with Gasteiger partial charge in [0, 0.05) is 23.4 Å². The molecular weight excluding hydrogens is 244 g/mol. The highest BCUT2D eigenvalue weighted by Crippen LogP contribution is 2.31. The Morgan fingerprint density at radius 1 is 1.33 bits per heavy atom. The number of aliphatic hydroxyl groups is 1. The fourth-order valence-corrected chi connectivity index (χ4v) is 3.07. The SMILES string of the molecule is CC[C@@H](O)CN(C)C(C)c1sc(C(C)C)nc1C. The van der Waals surface area contributed by atoms with Crippen molar-refractivity contribution in [3.8, 4) is 0 Å². The topological polar surface area (TPSA) is 36.4 Å². The highest BCUT2D eigenvalue weighted by Gasteiger charge is 2.20. The molecule has 1 aromatic heterocycles. The lowest BCUT2D eigenvalue weighted by Gasteiger charge is -2.26. The van der Waals surface area contributed by atoms with Crippen LogP contribution in [0.15, 0.2) is 0 Å². The predicted molar refractivity (Wildman–Crippen MR) is 78.3 cm³/mol. The number of aryl methyl sites for hydroxylation is 1. The maximum Gasteiger partial charge on any atom is 0.0956 e. The number of aliphatic hydroxyl groups excluding tert-OH is 1. The van der Waals surface area contributed by atoms with Gasteiger partial charge in [-0.1, -0.05) is 20.8 Å². The summed E-state index contributed by atoms with van der Waals surface area (Å²) in [6.45, 7) is 11.4. The summed E-state index contributed by atoms with van der Waals surface area (Å²) in [5, 5.41) is 10.9. The minimum Gasteiger partial charge on any atom is -0.392 e. The molecule has 0 radical (unpaired) electrons. The third kappa shape index (κ3) is 3.77. The molecule has 0 bridgehead atoms. The highest BCUT2D eigenvalue weighted by atomic mass is 32.1. The van der Waals surface area contributed by atoms with Gasteiger partial charge in [-0.2, -0.15) is 0 Å². The Labute approximate surface area is 115 Å². The highest BCUT2D eigenvalue weighted by molar-refractivity contribution is 7.11. The van der Waals surface area contributed by atoms with Gasteiger partial charge in [0.05, 0.1) is 16.8 Å². The molecule has 0 spiro atoms. The molecule has 1 heterocycles. The number of hydrogen-bond donors (Lipinski definition) is 1. The van der Waals surface area contributed by atoms with Gasteiger partial charge in [-0.05, 0) is 27.3 Å². The first kappa shape index (κ1) is 15.6. The molecule has 0 aliphatic rings. The van der Waals surface area contributed by atoms with Crippen LogP contribution in [0.2, 0.25) is 0 Å². The van der Waals surface area contributed by atoms with Crippen LogP contribution in [0.1, 0.15) is 61.7 Å². The smallest absolute Gasteiger partial charge is 0.0956 e. The Hall–Kier alpha value is -0.450. The quantitative estimate of drug-likeness (QED) is 0.861. The van der Waals surface area contributed by atoms with Crippen LogP contribution in [0.4, 0.5) is 0 Å². The van der Waals surface area contributed by atoms with Crippen molar-refractivity contribution in [1.29, 1.82) is 0 Å². The Kier molecular flexibility index (Phi) is 5.76. The number of rotatable bonds is 6. The third-order valence-electron chi connectivity index (χ3n) is 3.35. The molecule has 3 nitrogen and oxygen atoms in total. The molecule has 0 saturated heterocycles. The van der Waals surface area contributed by atoms with Gasteiger partial charge in [0.15, 0.2) is 0 Å². The van der Waals surface area contributed by atoms with Crippen LogP contribution >= 0.6 is 11.3 Å². The van der Waals surface area contributed by atoms with E-state index in [1.807, 2.05) is 6.92 Å². The molecule has 0 saturated carbocycles. The van der Waals surface area contributed by atoms with Crippen molar-refractivity contribution in [3.05, 3.63) is 15.6 Å². The van der Waals surface area contributed by atoms with E-state index in [4.69, 9.17) is 0 Å². The van der Waals surface area contributed by atoms with E-state index in [0.29, 0.717) is 18.5 Å². The van der Waals surface area contributed by atoms with Crippen molar-refractivity contribution in [2.45, 2.75) is 59.1 Å². The minimum atomic E-state index is -0.241. The van der Waals surface area contributed by atoms with Crippen molar-refractivity contribution in [2.24, 2.45) is 0 Å². The average molecular weight is 270 g/mol. The van der Waals surface area contributed by atoms with Crippen LogP contribution in [0.3, 0.4) is 0 Å². The Balaban J connectivity index is 2.79. The molecular formula is C14H26N2OS. The molecule has 0 aromatic carbocycles. The van der Waals surface area contributed by atoms with Crippen molar-refractivity contribution in [1.82, 2.24) is 9.88 Å². The summed E-state index contributed by atoms with van der Waals surface area (Å²) in [5.74, 6) is 0.487. The lowest BCUT2D eigenvalue weighted by Crippen LogP contribution is -2.30. The standard InChI is InChI=1S/C14H26N2OS/c1-7-12(17)8-16(6)11(5)13-10(4)15-14(18-13)9(2)3/h9,11-12,17H,7-8H2,1-6H3/t11?,12-/m1/s1. The van der Waals surface area contributed by atoms with E-state index in [0.717, 1.165) is 12.1 Å². The minimum absolute atomic E-state index is 0.241. The third-order valence-corrected chi connectivity index (χ3v) is 4.98. The van der Waals surface area contributed by atoms with E-state index >= 15 is 0 Å². The summed E-state index contributed by atoms with van der Waals surface area (Å²) < 4.78 is 0. The second kappa shape index (κ2) is 6.64. The Bertz CT molecular complexity index is 376. The zero-order valence-electron chi connectivity index (χ0n) is 12.4. The van der Waals surface area contributed by atoms with E-state index in [-0.39, 0.29) is 6.10 Å². The molecule has 1 unspecified atom stereocenters. The lowest BCUT2D eigenvalue weighted by atomic mass is 10.2. The maximum atomic E-state index is 9.73. The Morgan fingerprint density at radius 3 is 2.39 bits per heavy atom. The molecule has 0 amide bonds. The molecule has 1 rings (SSSR count). The summed E-state index contributed by atoms with van der Waals surface area (Å²) in [6, 6.07) is 0.316.